The molecular formula is C23H15N7. The van der Waals surface area contributed by atoms with E-state index >= 15 is 0 Å². The summed E-state index contributed by atoms with van der Waals surface area (Å²) < 4.78 is 0. The fourth-order valence-electron chi connectivity index (χ4n) is 3.76. The van der Waals surface area contributed by atoms with Gasteiger partial charge in [0.05, 0.1) is 11.0 Å². The van der Waals surface area contributed by atoms with E-state index in [2.05, 4.69) is 30.6 Å². The van der Waals surface area contributed by atoms with Crippen molar-refractivity contribution in [2.24, 2.45) is 0 Å². The molecule has 30 heavy (non-hydrogen) atoms. The minimum absolute atomic E-state index is 0.706. The third kappa shape index (κ3) is 2.64. The average molecular weight is 389 g/mol. The van der Waals surface area contributed by atoms with Gasteiger partial charge in [0.25, 0.3) is 0 Å². The lowest BCUT2D eigenvalue weighted by Gasteiger charge is -2.17. The van der Waals surface area contributed by atoms with Crippen LogP contribution in [0.1, 0.15) is 0 Å². The van der Waals surface area contributed by atoms with Crippen molar-refractivity contribution in [2.45, 2.75) is 0 Å². The van der Waals surface area contributed by atoms with E-state index in [4.69, 9.17) is 4.98 Å². The molecule has 0 aliphatic carbocycles. The highest BCUT2D eigenvalue weighted by Gasteiger charge is 2.17. The molecule has 0 saturated carbocycles. The second kappa shape index (κ2) is 6.59. The van der Waals surface area contributed by atoms with Crippen molar-refractivity contribution < 1.29 is 0 Å². The van der Waals surface area contributed by atoms with Crippen LogP contribution in [0, 0.1) is 0 Å². The van der Waals surface area contributed by atoms with Crippen molar-refractivity contribution in [1.82, 2.24) is 24.9 Å². The quantitative estimate of drug-likeness (QED) is 0.408. The number of nitrogens with zero attached hydrogens (tertiary/aromatic N) is 5. The summed E-state index contributed by atoms with van der Waals surface area (Å²) in [5, 5.41) is 10.8. The Morgan fingerprint density at radius 3 is 1.60 bits per heavy atom. The molecule has 0 aliphatic heterocycles. The zero-order chi connectivity index (χ0) is 19.9. The molecule has 0 atom stereocenters. The molecule has 0 spiro atoms. The average Bonchev–Trinajstić information content (AvgIpc) is 2.80. The summed E-state index contributed by atoms with van der Waals surface area (Å²) in [4.78, 5) is 22.6. The zero-order valence-electron chi connectivity index (χ0n) is 15.7. The van der Waals surface area contributed by atoms with Crippen LogP contribution in [-0.2, 0) is 0 Å². The van der Waals surface area contributed by atoms with E-state index in [1.165, 1.54) is 0 Å². The summed E-state index contributed by atoms with van der Waals surface area (Å²) in [6, 6.07) is 19.6. The largest absolute Gasteiger partial charge is 0.324 e. The first-order chi connectivity index (χ1) is 14.9. The van der Waals surface area contributed by atoms with E-state index in [0.29, 0.717) is 11.6 Å². The molecule has 7 heteroatoms. The molecule has 142 valence electrons. The third-order valence-electron chi connectivity index (χ3n) is 5.07. The number of rotatable bonds is 4. The van der Waals surface area contributed by atoms with Crippen LogP contribution in [0.3, 0.4) is 0 Å². The number of anilines is 4. The number of pyridine rings is 3. The predicted octanol–water partition coefficient (Wildman–Crippen LogP) is 5.05. The number of nitrogens with one attached hydrogen (secondary N) is 2. The Morgan fingerprint density at radius 1 is 0.533 bits per heavy atom. The molecule has 0 aliphatic rings. The monoisotopic (exact) mass is 389 g/mol. The van der Waals surface area contributed by atoms with Crippen molar-refractivity contribution in [3.8, 4) is 0 Å². The van der Waals surface area contributed by atoms with Gasteiger partial charge in [0.1, 0.15) is 29.6 Å². The number of hydrogen-bond donors (Lipinski definition) is 2. The summed E-state index contributed by atoms with van der Waals surface area (Å²) in [6.07, 6.45) is 5.10. The first-order valence-corrected chi connectivity index (χ1v) is 9.52. The smallest absolute Gasteiger partial charge is 0.141 e. The van der Waals surface area contributed by atoms with E-state index < -0.39 is 0 Å². The van der Waals surface area contributed by atoms with Gasteiger partial charge in [-0.25, -0.2) is 24.9 Å². The predicted molar refractivity (Wildman–Crippen MR) is 119 cm³/mol. The van der Waals surface area contributed by atoms with Gasteiger partial charge < -0.3 is 10.6 Å². The topological polar surface area (TPSA) is 88.5 Å². The summed E-state index contributed by atoms with van der Waals surface area (Å²) in [7, 11) is 0. The summed E-state index contributed by atoms with van der Waals surface area (Å²) in [5.41, 5.74) is 1.80. The number of hydrogen-bond acceptors (Lipinski definition) is 7. The van der Waals surface area contributed by atoms with E-state index in [9.17, 15) is 0 Å². The van der Waals surface area contributed by atoms with Gasteiger partial charge >= 0.3 is 0 Å². The highest BCUT2D eigenvalue weighted by Crippen LogP contribution is 2.39. The van der Waals surface area contributed by atoms with Crippen LogP contribution in [0.25, 0.3) is 32.6 Å². The summed E-state index contributed by atoms with van der Waals surface area (Å²) in [6.45, 7) is 0. The summed E-state index contributed by atoms with van der Waals surface area (Å²) >= 11 is 0. The van der Waals surface area contributed by atoms with Gasteiger partial charge in [-0.3, -0.25) is 0 Å². The van der Waals surface area contributed by atoms with E-state index in [1.54, 1.807) is 18.7 Å². The van der Waals surface area contributed by atoms with Crippen molar-refractivity contribution in [3.63, 3.8) is 0 Å². The minimum atomic E-state index is 0.706. The van der Waals surface area contributed by atoms with Crippen LogP contribution >= 0.6 is 0 Å². The fourth-order valence-corrected chi connectivity index (χ4v) is 3.76. The molecule has 0 saturated heterocycles. The highest BCUT2D eigenvalue weighted by atomic mass is 15.1. The maximum Gasteiger partial charge on any atom is 0.141 e. The molecule has 7 nitrogen and oxygen atoms in total. The first-order valence-electron chi connectivity index (χ1n) is 9.52. The lowest BCUT2D eigenvalue weighted by Crippen LogP contribution is -2.03. The van der Waals surface area contributed by atoms with Crippen LogP contribution in [0.2, 0.25) is 0 Å². The molecule has 4 aromatic heterocycles. The SMILES string of the molecule is c1ccc(Nc2nc(Nc3ccccn3)c3ccc4ncnc5ccc2c3c54)nc1. The van der Waals surface area contributed by atoms with Crippen LogP contribution < -0.4 is 10.6 Å². The van der Waals surface area contributed by atoms with E-state index in [0.717, 1.165) is 44.2 Å². The molecule has 2 N–H and O–H groups in total. The third-order valence-corrected chi connectivity index (χ3v) is 5.07. The molecule has 0 fully saturated rings. The van der Waals surface area contributed by atoms with E-state index in [1.807, 2.05) is 60.7 Å². The molecule has 4 heterocycles. The van der Waals surface area contributed by atoms with Crippen molar-refractivity contribution in [2.75, 3.05) is 10.6 Å². The molecule has 0 amide bonds. The minimum Gasteiger partial charge on any atom is -0.324 e. The molecule has 0 bridgehead atoms. The normalized spacial score (nSPS) is 11.3. The van der Waals surface area contributed by atoms with Crippen molar-refractivity contribution in [1.29, 1.82) is 0 Å². The van der Waals surface area contributed by atoms with Crippen LogP contribution in [0.4, 0.5) is 23.3 Å². The molecule has 0 unspecified atom stereocenters. The Morgan fingerprint density at radius 2 is 1.10 bits per heavy atom. The highest BCUT2D eigenvalue weighted by molar-refractivity contribution is 6.25. The fraction of sp³-hybridized carbons (Fsp3) is 0. The Labute approximate surface area is 171 Å². The maximum atomic E-state index is 4.90. The van der Waals surface area contributed by atoms with Gasteiger partial charge in [0.2, 0.25) is 0 Å². The zero-order valence-corrected chi connectivity index (χ0v) is 15.7. The van der Waals surface area contributed by atoms with Crippen molar-refractivity contribution in [3.05, 3.63) is 79.4 Å². The summed E-state index contributed by atoms with van der Waals surface area (Å²) in [5.74, 6) is 2.86. The Bertz CT molecular complexity index is 1380. The second-order valence-corrected chi connectivity index (χ2v) is 6.88. The molecule has 0 radical (unpaired) electrons. The van der Waals surface area contributed by atoms with Crippen molar-refractivity contribution >= 4 is 55.8 Å². The molecule has 6 aromatic rings. The first kappa shape index (κ1) is 16.6. The molecule has 6 rings (SSSR count). The maximum absolute atomic E-state index is 4.90. The van der Waals surface area contributed by atoms with E-state index in [-0.39, 0.29) is 0 Å². The lowest BCUT2D eigenvalue weighted by atomic mass is 9.99. The van der Waals surface area contributed by atoms with Gasteiger partial charge in [-0.15, -0.1) is 0 Å². The van der Waals surface area contributed by atoms with Gasteiger partial charge in [-0.1, -0.05) is 12.1 Å². The van der Waals surface area contributed by atoms with Gasteiger partial charge in [0.15, 0.2) is 0 Å². The number of aromatic nitrogens is 5. The van der Waals surface area contributed by atoms with Gasteiger partial charge in [-0.05, 0) is 48.5 Å². The molecular weight excluding hydrogens is 374 g/mol. The molecule has 2 aromatic carbocycles. The second-order valence-electron chi connectivity index (χ2n) is 6.88. The van der Waals surface area contributed by atoms with Crippen LogP contribution in [0.5, 0.6) is 0 Å². The van der Waals surface area contributed by atoms with Gasteiger partial charge in [0, 0.05) is 33.9 Å². The Kier molecular flexibility index (Phi) is 3.64. The van der Waals surface area contributed by atoms with Crippen LogP contribution in [0.15, 0.2) is 79.4 Å². The van der Waals surface area contributed by atoms with Crippen LogP contribution in [-0.4, -0.2) is 24.9 Å². The number of benzene rings is 2. The van der Waals surface area contributed by atoms with Gasteiger partial charge in [-0.2, -0.15) is 0 Å². The lowest BCUT2D eigenvalue weighted by molar-refractivity contribution is 1.24. The standard InChI is InChI=1S/C23H15N7/c1-3-11-24-18(5-1)28-22-14-7-9-16-21-17(27-13-26-16)10-8-15(20(14)21)23(30-22)29-19-6-2-4-12-25-19/h1-13H,(H2,24,25,28,29,30). The Balaban J connectivity index is 1.65. The Hall–Kier alpha value is -4.39.